The number of carbonyl (C=O) groups excluding carboxylic acids is 1. The topological polar surface area (TPSA) is 57.6 Å². The molecule has 110 valence electrons. The van der Waals surface area contributed by atoms with Crippen LogP contribution in [0.2, 0.25) is 0 Å². The highest BCUT2D eigenvalue weighted by Gasteiger charge is 2.33. The lowest BCUT2D eigenvalue weighted by atomic mass is 9.78. The molecule has 0 aromatic carbocycles. The largest absolute Gasteiger partial charge is 0.477 e. The van der Waals surface area contributed by atoms with Gasteiger partial charge >= 0.3 is 5.97 Å². The summed E-state index contributed by atoms with van der Waals surface area (Å²) in [5, 5.41) is 8.93. The second kappa shape index (κ2) is 5.95. The molecule has 5 heteroatoms. The Morgan fingerprint density at radius 1 is 1.40 bits per heavy atom. The fourth-order valence-electron chi connectivity index (χ4n) is 3.02. The SMILES string of the molecule is CCCC1(C)CCCN(C(=O)c2ccc(C(=O)O)s2)C1. The van der Waals surface area contributed by atoms with Crippen LogP contribution in [0.4, 0.5) is 0 Å². The van der Waals surface area contributed by atoms with Crippen LogP contribution in [0, 0.1) is 5.41 Å². The average molecular weight is 295 g/mol. The van der Waals surface area contributed by atoms with Crippen molar-refractivity contribution in [3.05, 3.63) is 21.9 Å². The quantitative estimate of drug-likeness (QED) is 0.925. The van der Waals surface area contributed by atoms with Crippen molar-refractivity contribution in [2.24, 2.45) is 5.41 Å². The van der Waals surface area contributed by atoms with Crippen molar-refractivity contribution in [3.8, 4) is 0 Å². The first-order valence-electron chi connectivity index (χ1n) is 7.07. The normalized spacial score (nSPS) is 22.8. The fraction of sp³-hybridized carbons (Fsp3) is 0.600. The summed E-state index contributed by atoms with van der Waals surface area (Å²) in [5.74, 6) is -0.993. The van der Waals surface area contributed by atoms with Gasteiger partial charge in [0.1, 0.15) is 4.88 Å². The molecular weight excluding hydrogens is 274 g/mol. The van der Waals surface area contributed by atoms with Crippen molar-refractivity contribution in [1.82, 2.24) is 4.90 Å². The molecule has 1 aromatic heterocycles. The number of carbonyl (C=O) groups is 2. The van der Waals surface area contributed by atoms with Gasteiger partial charge in [0, 0.05) is 13.1 Å². The monoisotopic (exact) mass is 295 g/mol. The summed E-state index contributed by atoms with van der Waals surface area (Å²) in [6, 6.07) is 3.14. The van der Waals surface area contributed by atoms with E-state index < -0.39 is 5.97 Å². The Labute approximate surface area is 123 Å². The molecular formula is C15H21NO3S. The fourth-order valence-corrected chi connectivity index (χ4v) is 3.83. The van der Waals surface area contributed by atoms with Gasteiger partial charge in [0.2, 0.25) is 0 Å². The maximum atomic E-state index is 12.5. The van der Waals surface area contributed by atoms with E-state index in [1.54, 1.807) is 6.07 Å². The van der Waals surface area contributed by atoms with Gasteiger partial charge in [-0.1, -0.05) is 20.3 Å². The number of nitrogens with zero attached hydrogens (tertiary/aromatic N) is 1. The van der Waals surface area contributed by atoms with Crippen molar-refractivity contribution in [3.63, 3.8) is 0 Å². The van der Waals surface area contributed by atoms with Crippen molar-refractivity contribution in [2.45, 2.75) is 39.5 Å². The number of hydrogen-bond acceptors (Lipinski definition) is 3. The number of piperidine rings is 1. The maximum absolute atomic E-state index is 12.5. The van der Waals surface area contributed by atoms with E-state index >= 15 is 0 Å². The second-order valence-electron chi connectivity index (χ2n) is 5.86. The van der Waals surface area contributed by atoms with E-state index in [1.807, 2.05) is 4.90 Å². The molecule has 1 aliphatic rings. The molecule has 1 atom stereocenters. The number of hydrogen-bond donors (Lipinski definition) is 1. The Hall–Kier alpha value is -1.36. The predicted octanol–water partition coefficient (Wildman–Crippen LogP) is 3.49. The van der Waals surface area contributed by atoms with Gasteiger partial charge in [-0.25, -0.2) is 4.79 Å². The van der Waals surface area contributed by atoms with Gasteiger partial charge in [-0.15, -0.1) is 11.3 Å². The first-order chi connectivity index (χ1) is 9.45. The van der Waals surface area contributed by atoms with Crippen LogP contribution in [0.3, 0.4) is 0 Å². The van der Waals surface area contributed by atoms with E-state index in [9.17, 15) is 9.59 Å². The minimum Gasteiger partial charge on any atom is -0.477 e. The number of rotatable bonds is 4. The molecule has 0 aliphatic carbocycles. The number of amides is 1. The van der Waals surface area contributed by atoms with Crippen LogP contribution in [0.25, 0.3) is 0 Å². The highest BCUT2D eigenvalue weighted by atomic mass is 32.1. The van der Waals surface area contributed by atoms with Crippen molar-refractivity contribution < 1.29 is 14.7 Å². The standard InChI is InChI=1S/C15H21NO3S/c1-3-7-15(2)8-4-9-16(10-15)13(17)11-5-6-12(20-11)14(18)19/h5-6H,3-4,7-10H2,1-2H3,(H,18,19). The van der Waals surface area contributed by atoms with Crippen LogP contribution in [0.1, 0.15) is 58.9 Å². The van der Waals surface area contributed by atoms with E-state index in [0.29, 0.717) is 4.88 Å². The highest BCUT2D eigenvalue weighted by Crippen LogP contribution is 2.34. The zero-order valence-electron chi connectivity index (χ0n) is 12.0. The number of carboxylic acid groups (broad SMARTS) is 1. The second-order valence-corrected chi connectivity index (χ2v) is 6.94. The van der Waals surface area contributed by atoms with Gasteiger partial charge in [0.25, 0.3) is 5.91 Å². The highest BCUT2D eigenvalue weighted by molar-refractivity contribution is 7.15. The van der Waals surface area contributed by atoms with Crippen LogP contribution >= 0.6 is 11.3 Å². The van der Waals surface area contributed by atoms with Crippen LogP contribution in [0.5, 0.6) is 0 Å². The molecule has 1 aromatic rings. The maximum Gasteiger partial charge on any atom is 0.345 e. The van der Waals surface area contributed by atoms with Crippen LogP contribution in [0.15, 0.2) is 12.1 Å². The smallest absolute Gasteiger partial charge is 0.345 e. The summed E-state index contributed by atoms with van der Waals surface area (Å²) in [7, 11) is 0. The molecule has 0 spiro atoms. The van der Waals surface area contributed by atoms with Crippen LogP contribution < -0.4 is 0 Å². The first kappa shape index (κ1) is 15.0. The average Bonchev–Trinajstić information content (AvgIpc) is 2.87. The Balaban J connectivity index is 2.10. The molecule has 2 heterocycles. The molecule has 1 unspecified atom stereocenters. The number of carboxylic acids is 1. The van der Waals surface area contributed by atoms with E-state index in [-0.39, 0.29) is 16.2 Å². The number of likely N-dealkylation sites (tertiary alicyclic amines) is 1. The summed E-state index contributed by atoms with van der Waals surface area (Å²) in [4.78, 5) is 26.0. The molecule has 1 amide bonds. The molecule has 20 heavy (non-hydrogen) atoms. The lowest BCUT2D eigenvalue weighted by molar-refractivity contribution is 0.0535. The van der Waals surface area contributed by atoms with E-state index in [0.717, 1.165) is 50.1 Å². The molecule has 1 aliphatic heterocycles. The molecule has 1 N–H and O–H groups in total. The molecule has 1 fully saturated rings. The van der Waals surface area contributed by atoms with Gasteiger partial charge in [-0.3, -0.25) is 4.79 Å². The van der Waals surface area contributed by atoms with E-state index in [4.69, 9.17) is 5.11 Å². The summed E-state index contributed by atoms with van der Waals surface area (Å²) < 4.78 is 0. The number of aromatic carboxylic acids is 1. The van der Waals surface area contributed by atoms with E-state index in [1.165, 1.54) is 6.07 Å². The Morgan fingerprint density at radius 3 is 2.70 bits per heavy atom. The van der Waals surface area contributed by atoms with Crippen LogP contribution in [-0.4, -0.2) is 35.0 Å². The third kappa shape index (κ3) is 3.20. The third-order valence-corrected chi connectivity index (χ3v) is 5.01. The van der Waals surface area contributed by atoms with Crippen LogP contribution in [-0.2, 0) is 0 Å². The predicted molar refractivity (Wildman–Crippen MR) is 79.4 cm³/mol. The van der Waals surface area contributed by atoms with Crippen molar-refractivity contribution >= 4 is 23.2 Å². The zero-order valence-corrected chi connectivity index (χ0v) is 12.8. The summed E-state index contributed by atoms with van der Waals surface area (Å²) in [5.41, 5.74) is 0.204. The molecule has 2 rings (SSSR count). The molecule has 0 bridgehead atoms. The van der Waals surface area contributed by atoms with Gasteiger partial charge < -0.3 is 10.0 Å². The molecule has 4 nitrogen and oxygen atoms in total. The lowest BCUT2D eigenvalue weighted by Gasteiger charge is -2.40. The molecule has 1 saturated heterocycles. The Kier molecular flexibility index (Phi) is 4.48. The van der Waals surface area contributed by atoms with Crippen molar-refractivity contribution in [1.29, 1.82) is 0 Å². The van der Waals surface area contributed by atoms with Gasteiger partial charge in [-0.2, -0.15) is 0 Å². The minimum absolute atomic E-state index is 0.0236. The van der Waals surface area contributed by atoms with Crippen molar-refractivity contribution in [2.75, 3.05) is 13.1 Å². The summed E-state index contributed by atoms with van der Waals surface area (Å²) >= 11 is 1.07. The molecule has 0 radical (unpaired) electrons. The minimum atomic E-state index is -0.969. The Morgan fingerprint density at radius 2 is 2.10 bits per heavy atom. The van der Waals surface area contributed by atoms with Gasteiger partial charge in [-0.05, 0) is 36.8 Å². The third-order valence-electron chi connectivity index (χ3n) is 3.95. The van der Waals surface area contributed by atoms with E-state index in [2.05, 4.69) is 13.8 Å². The Bertz CT molecular complexity index is 507. The first-order valence-corrected chi connectivity index (χ1v) is 7.89. The number of thiophene rings is 1. The van der Waals surface area contributed by atoms with Gasteiger partial charge in [0.05, 0.1) is 4.88 Å². The lowest BCUT2D eigenvalue weighted by Crippen LogP contribution is -2.44. The summed E-state index contributed by atoms with van der Waals surface area (Å²) in [6.07, 6.45) is 4.44. The van der Waals surface area contributed by atoms with Gasteiger partial charge in [0.15, 0.2) is 0 Å². The summed E-state index contributed by atoms with van der Waals surface area (Å²) in [6.45, 7) is 5.97. The zero-order chi connectivity index (χ0) is 14.8. The molecule has 0 saturated carbocycles.